The number of hydrogen-bond acceptors (Lipinski definition) is 6. The molecule has 7 heteroatoms. The Kier molecular flexibility index (Phi) is 4.14. The van der Waals surface area contributed by atoms with Crippen LogP contribution in [-0.2, 0) is 4.79 Å². The molecule has 0 amide bonds. The second-order valence-corrected chi connectivity index (χ2v) is 6.72. The average molecular weight is 345 g/mol. The Balaban J connectivity index is 2.07. The maximum absolute atomic E-state index is 11.2. The zero-order valence-corrected chi connectivity index (χ0v) is 13.9. The molecule has 5 nitrogen and oxygen atoms in total. The summed E-state index contributed by atoms with van der Waals surface area (Å²) in [4.78, 5) is 16.0. The number of carbonyl (C=O) groups is 1. The molecule has 1 N–H and O–H groups in total. The van der Waals surface area contributed by atoms with Gasteiger partial charge in [-0.3, -0.25) is 9.56 Å². The summed E-state index contributed by atoms with van der Waals surface area (Å²) in [5, 5.41) is 21.6. The van der Waals surface area contributed by atoms with Crippen LogP contribution in [0.4, 0.5) is 5.69 Å². The molecule has 0 radical (unpaired) electrons. The largest absolute Gasteiger partial charge is 0.548 e. The number of rotatable bonds is 4. The third-order valence-corrected chi connectivity index (χ3v) is 5.00. The minimum Gasteiger partial charge on any atom is -0.548 e. The highest BCUT2D eigenvalue weighted by Crippen LogP contribution is 2.37. The lowest BCUT2D eigenvalue weighted by atomic mass is 10.1. The van der Waals surface area contributed by atoms with Crippen molar-refractivity contribution in [3.63, 3.8) is 0 Å². The van der Waals surface area contributed by atoms with Crippen molar-refractivity contribution in [2.45, 2.75) is 19.4 Å². The Bertz CT molecular complexity index is 893. The van der Waals surface area contributed by atoms with Crippen molar-refractivity contribution in [3.8, 4) is 5.88 Å². The van der Waals surface area contributed by atoms with Crippen LogP contribution in [0.1, 0.15) is 29.8 Å². The van der Waals surface area contributed by atoms with Gasteiger partial charge in [0, 0.05) is 17.4 Å². The molecule has 0 saturated heterocycles. The Morgan fingerprint density at radius 2 is 2.26 bits per heavy atom. The van der Waals surface area contributed by atoms with Gasteiger partial charge in [0.05, 0.1) is 22.6 Å². The Morgan fingerprint density at radius 3 is 2.96 bits per heavy atom. The fraction of sp³-hybridized carbons (Fsp3) is 0.188. The van der Waals surface area contributed by atoms with Crippen LogP contribution in [0, 0.1) is 3.95 Å². The van der Waals surface area contributed by atoms with Crippen molar-refractivity contribution in [1.82, 2.24) is 4.57 Å². The molecular formula is C16H13N2O3S2-. The summed E-state index contributed by atoms with van der Waals surface area (Å²) in [6.07, 6.45) is 3.76. The van der Waals surface area contributed by atoms with Crippen molar-refractivity contribution in [1.29, 1.82) is 0 Å². The number of fused-ring (bicyclic) bond motifs is 1. The molecule has 0 unspecified atom stereocenters. The first-order valence-corrected chi connectivity index (χ1v) is 8.25. The predicted molar refractivity (Wildman–Crippen MR) is 91.6 cm³/mol. The predicted octanol–water partition coefficient (Wildman–Crippen LogP) is 2.94. The van der Waals surface area contributed by atoms with Crippen LogP contribution in [0.25, 0.3) is 11.6 Å². The molecule has 0 aliphatic carbocycles. The van der Waals surface area contributed by atoms with E-state index in [0.29, 0.717) is 8.83 Å². The first-order valence-electron chi connectivity index (χ1n) is 7.03. The van der Waals surface area contributed by atoms with Crippen molar-refractivity contribution >= 4 is 53.1 Å². The second-order valence-electron chi connectivity index (χ2n) is 5.04. The number of thiazole rings is 1. The second kappa shape index (κ2) is 6.10. The zero-order valence-electron chi connectivity index (χ0n) is 12.2. The van der Waals surface area contributed by atoms with Gasteiger partial charge < -0.3 is 15.0 Å². The van der Waals surface area contributed by atoms with E-state index >= 15 is 0 Å². The monoisotopic (exact) mass is 345 g/mol. The standard InChI is InChI=1S/C16H14N2O3S2/c1-2-12(15(20)21)18-14(19)13(23-16(18)22)7-9-8-17-11-6-4-3-5-10(9)11/h3-8,12,19H,2H2,1H3,(H,20,21)/p-1/b9-7+/t12-/m0/s1. The Hall–Kier alpha value is -2.25. The van der Waals surface area contributed by atoms with Crippen LogP contribution in [0.3, 0.4) is 0 Å². The SMILES string of the molecule is CC[C@@H](C(=O)[O-])n1c(O)c(/C=C2\C=Nc3ccccc32)sc1=S. The van der Waals surface area contributed by atoms with Crippen molar-refractivity contribution in [3.05, 3.63) is 38.7 Å². The van der Waals surface area contributed by atoms with E-state index in [1.54, 1.807) is 19.2 Å². The zero-order chi connectivity index (χ0) is 16.6. The van der Waals surface area contributed by atoms with Crippen molar-refractivity contribution < 1.29 is 15.0 Å². The number of aromatic nitrogens is 1. The van der Waals surface area contributed by atoms with E-state index in [1.807, 2.05) is 24.3 Å². The Labute approximate surface area is 141 Å². The molecule has 2 heterocycles. The highest BCUT2D eigenvalue weighted by molar-refractivity contribution is 7.73. The lowest BCUT2D eigenvalue weighted by Gasteiger charge is -2.18. The van der Waals surface area contributed by atoms with Gasteiger partial charge in [-0.2, -0.15) is 0 Å². The summed E-state index contributed by atoms with van der Waals surface area (Å²) in [7, 11) is 0. The molecule has 3 rings (SSSR count). The van der Waals surface area contributed by atoms with Crippen LogP contribution in [0.2, 0.25) is 0 Å². The van der Waals surface area contributed by atoms with E-state index in [2.05, 4.69) is 4.99 Å². The lowest BCUT2D eigenvalue weighted by Crippen LogP contribution is -2.32. The van der Waals surface area contributed by atoms with E-state index < -0.39 is 12.0 Å². The first kappa shape index (κ1) is 15.6. The molecular weight excluding hydrogens is 332 g/mol. The summed E-state index contributed by atoms with van der Waals surface area (Å²) in [5.74, 6) is -1.41. The number of aliphatic imine (C=N–C) groups is 1. The summed E-state index contributed by atoms with van der Waals surface area (Å²) >= 11 is 6.37. The van der Waals surface area contributed by atoms with Gasteiger partial charge >= 0.3 is 0 Å². The summed E-state index contributed by atoms with van der Waals surface area (Å²) in [6, 6.07) is 6.69. The number of nitrogens with zero attached hydrogens (tertiary/aromatic N) is 2. The van der Waals surface area contributed by atoms with Gasteiger partial charge in [0.25, 0.3) is 0 Å². The number of carboxylic acid groups (broad SMARTS) is 1. The van der Waals surface area contributed by atoms with Crippen molar-refractivity contribution in [2.24, 2.45) is 4.99 Å². The fourth-order valence-electron chi connectivity index (χ4n) is 2.51. The van der Waals surface area contributed by atoms with Crippen LogP contribution < -0.4 is 5.11 Å². The smallest absolute Gasteiger partial charge is 0.211 e. The molecule has 23 heavy (non-hydrogen) atoms. The summed E-state index contributed by atoms with van der Waals surface area (Å²) in [5.41, 5.74) is 2.67. The van der Waals surface area contributed by atoms with E-state index in [9.17, 15) is 15.0 Å². The first-order chi connectivity index (χ1) is 11.0. The molecule has 1 aromatic carbocycles. The molecule has 1 aliphatic rings. The number of aliphatic carboxylic acids is 1. The summed E-state index contributed by atoms with van der Waals surface area (Å²) < 4.78 is 1.54. The highest BCUT2D eigenvalue weighted by Gasteiger charge is 2.20. The number of carbonyl (C=O) groups excluding carboxylic acids is 1. The highest BCUT2D eigenvalue weighted by atomic mass is 32.1. The quantitative estimate of drug-likeness (QED) is 0.864. The molecule has 1 aromatic heterocycles. The van der Waals surface area contributed by atoms with E-state index in [0.717, 1.165) is 28.2 Å². The number of benzene rings is 1. The average Bonchev–Trinajstić information content (AvgIpc) is 3.05. The molecule has 0 saturated carbocycles. The molecule has 1 atom stereocenters. The minimum atomic E-state index is -1.26. The lowest BCUT2D eigenvalue weighted by molar-refractivity contribution is -0.310. The topological polar surface area (TPSA) is 77.6 Å². The number of para-hydroxylation sites is 1. The molecule has 118 valence electrons. The normalized spacial score (nSPS) is 15.8. The summed E-state index contributed by atoms with van der Waals surface area (Å²) in [6.45, 7) is 1.71. The number of allylic oxidation sites excluding steroid dienone is 1. The van der Waals surface area contributed by atoms with Gasteiger partial charge in [0.1, 0.15) is 0 Å². The van der Waals surface area contributed by atoms with E-state index in [-0.39, 0.29) is 12.3 Å². The van der Waals surface area contributed by atoms with E-state index in [1.165, 1.54) is 4.57 Å². The maximum atomic E-state index is 11.2. The number of carboxylic acids is 1. The van der Waals surface area contributed by atoms with Gasteiger partial charge in [-0.25, -0.2) is 0 Å². The third kappa shape index (κ3) is 2.73. The van der Waals surface area contributed by atoms with E-state index in [4.69, 9.17) is 12.2 Å². The van der Waals surface area contributed by atoms with Crippen LogP contribution in [-0.4, -0.2) is 21.9 Å². The fourth-order valence-corrected chi connectivity index (χ4v) is 3.87. The van der Waals surface area contributed by atoms with Gasteiger partial charge in [-0.05, 0) is 30.8 Å². The molecule has 0 bridgehead atoms. The Morgan fingerprint density at radius 1 is 1.52 bits per heavy atom. The number of hydrogen-bond donors (Lipinski definition) is 1. The minimum absolute atomic E-state index is 0.152. The van der Waals surface area contributed by atoms with Crippen molar-refractivity contribution in [2.75, 3.05) is 0 Å². The molecule has 2 aromatic rings. The molecule has 0 spiro atoms. The van der Waals surface area contributed by atoms with Crippen LogP contribution in [0.5, 0.6) is 5.88 Å². The number of aromatic hydroxyl groups is 1. The van der Waals surface area contributed by atoms with Gasteiger partial charge in [0.2, 0.25) is 5.88 Å². The maximum Gasteiger partial charge on any atom is 0.211 e. The van der Waals surface area contributed by atoms with Crippen LogP contribution >= 0.6 is 23.6 Å². The van der Waals surface area contributed by atoms with Gasteiger partial charge in [0.15, 0.2) is 3.95 Å². The van der Waals surface area contributed by atoms with Gasteiger partial charge in [-0.1, -0.05) is 25.1 Å². The van der Waals surface area contributed by atoms with Gasteiger partial charge in [-0.15, -0.1) is 11.3 Å². The third-order valence-electron chi connectivity index (χ3n) is 3.66. The molecule has 1 aliphatic heterocycles. The van der Waals surface area contributed by atoms with Crippen LogP contribution in [0.15, 0.2) is 29.3 Å². The molecule has 0 fully saturated rings.